The first-order valence-corrected chi connectivity index (χ1v) is 16.7. The monoisotopic (exact) mass is 640 g/mol. The van der Waals surface area contributed by atoms with Crippen LogP contribution in [0.1, 0.15) is 0 Å². The number of furan rings is 1. The summed E-state index contributed by atoms with van der Waals surface area (Å²) < 4.78 is 8.79. The minimum absolute atomic E-state index is 0.601. The van der Waals surface area contributed by atoms with E-state index in [1.54, 1.807) is 0 Å². The maximum absolute atomic E-state index is 6.44. The van der Waals surface area contributed by atoms with Gasteiger partial charge in [0.2, 0.25) is 0 Å². The van der Waals surface area contributed by atoms with Crippen LogP contribution in [0.15, 0.2) is 174 Å². The number of rotatable bonds is 5. The van der Waals surface area contributed by atoms with E-state index in [9.17, 15) is 0 Å². The Labute approximate surface area is 287 Å². The second kappa shape index (κ2) is 11.4. The molecule has 0 N–H and O–H groups in total. The SMILES string of the molecule is c1ccc(-c2nc(-c3ccccc3)nc(-c3ccc4c(c3)oc3ccc(-c5ccc6c(c5)c5ccccc5n6-c5ccccc5)cc34)n2)cc1. The maximum Gasteiger partial charge on any atom is 0.164 e. The number of fused-ring (bicyclic) bond motifs is 6. The molecular formula is C45H28N4O. The van der Waals surface area contributed by atoms with E-state index in [1.807, 2.05) is 66.7 Å². The Balaban J connectivity index is 1.08. The van der Waals surface area contributed by atoms with Gasteiger partial charge in [-0.25, -0.2) is 15.0 Å². The molecule has 5 heteroatoms. The lowest BCUT2D eigenvalue weighted by atomic mass is 10.0. The van der Waals surface area contributed by atoms with Crippen LogP contribution in [0.2, 0.25) is 0 Å². The zero-order chi connectivity index (χ0) is 33.0. The zero-order valence-electron chi connectivity index (χ0n) is 26.9. The summed E-state index contributed by atoms with van der Waals surface area (Å²) >= 11 is 0. The van der Waals surface area contributed by atoms with Crippen LogP contribution in [-0.2, 0) is 0 Å². The molecule has 5 nitrogen and oxygen atoms in total. The number of para-hydroxylation sites is 2. The van der Waals surface area contributed by atoms with Gasteiger partial charge in [-0.1, -0.05) is 115 Å². The Kier molecular flexibility index (Phi) is 6.42. The van der Waals surface area contributed by atoms with Gasteiger partial charge in [0.25, 0.3) is 0 Å². The van der Waals surface area contributed by atoms with Crippen LogP contribution < -0.4 is 0 Å². The van der Waals surface area contributed by atoms with Gasteiger partial charge in [0.1, 0.15) is 11.2 Å². The highest BCUT2D eigenvalue weighted by atomic mass is 16.3. The van der Waals surface area contributed by atoms with Crippen molar-refractivity contribution in [2.75, 3.05) is 0 Å². The average Bonchev–Trinajstić information content (AvgIpc) is 3.73. The summed E-state index contributed by atoms with van der Waals surface area (Å²) in [6.07, 6.45) is 0. The Morgan fingerprint density at radius 2 is 0.880 bits per heavy atom. The summed E-state index contributed by atoms with van der Waals surface area (Å²) in [5, 5.41) is 4.58. The molecule has 3 aromatic heterocycles. The second-order valence-corrected chi connectivity index (χ2v) is 12.5. The highest BCUT2D eigenvalue weighted by Crippen LogP contribution is 2.38. The van der Waals surface area contributed by atoms with Gasteiger partial charge < -0.3 is 8.98 Å². The number of aromatic nitrogens is 4. The Bertz CT molecular complexity index is 2800. The number of benzene rings is 7. The molecular weight excluding hydrogens is 613 g/mol. The van der Waals surface area contributed by atoms with E-state index in [0.717, 1.165) is 55.4 Å². The lowest BCUT2D eigenvalue weighted by Gasteiger charge is -2.08. The molecule has 0 bridgehead atoms. The molecule has 0 radical (unpaired) electrons. The van der Waals surface area contributed by atoms with Crippen LogP contribution in [0.5, 0.6) is 0 Å². The topological polar surface area (TPSA) is 56.7 Å². The predicted molar refractivity (Wildman–Crippen MR) is 203 cm³/mol. The van der Waals surface area contributed by atoms with E-state index in [2.05, 4.69) is 108 Å². The van der Waals surface area contributed by atoms with Crippen LogP contribution in [0.3, 0.4) is 0 Å². The standard InChI is InChI=1S/C45H28N4O/c1-4-12-29(13-5-1)43-46-44(30-14-6-2-7-15-30)48-45(47-43)33-20-23-36-38-27-32(22-25-41(38)50-42(36)28-33)31-21-24-40-37(26-31)35-18-10-11-19-39(35)49(40)34-16-8-3-9-17-34/h1-28H. The highest BCUT2D eigenvalue weighted by Gasteiger charge is 2.16. The molecule has 0 unspecified atom stereocenters. The fraction of sp³-hybridized carbons (Fsp3) is 0. The van der Waals surface area contributed by atoms with Crippen LogP contribution in [0, 0.1) is 0 Å². The summed E-state index contributed by atoms with van der Waals surface area (Å²) in [4.78, 5) is 14.7. The van der Waals surface area contributed by atoms with Crippen molar-refractivity contribution in [1.29, 1.82) is 0 Å². The summed E-state index contributed by atoms with van der Waals surface area (Å²) in [5.74, 6) is 1.86. The first-order valence-electron chi connectivity index (χ1n) is 16.7. The molecule has 234 valence electrons. The Hall–Kier alpha value is -6.85. The summed E-state index contributed by atoms with van der Waals surface area (Å²) in [6.45, 7) is 0. The third-order valence-electron chi connectivity index (χ3n) is 9.45. The number of hydrogen-bond acceptors (Lipinski definition) is 4. The molecule has 0 spiro atoms. The van der Waals surface area contributed by atoms with Gasteiger partial charge in [-0.3, -0.25) is 0 Å². The molecule has 0 saturated carbocycles. The average molecular weight is 641 g/mol. The summed E-state index contributed by atoms with van der Waals surface area (Å²) in [5.41, 5.74) is 10.2. The van der Waals surface area contributed by atoms with E-state index in [-0.39, 0.29) is 0 Å². The largest absolute Gasteiger partial charge is 0.456 e. The van der Waals surface area contributed by atoms with Crippen LogP contribution in [-0.4, -0.2) is 19.5 Å². The van der Waals surface area contributed by atoms with Gasteiger partial charge in [0, 0.05) is 43.9 Å². The van der Waals surface area contributed by atoms with Gasteiger partial charge in [-0.2, -0.15) is 0 Å². The van der Waals surface area contributed by atoms with E-state index in [0.29, 0.717) is 17.5 Å². The summed E-state index contributed by atoms with van der Waals surface area (Å²) in [6, 6.07) is 58.7. The Morgan fingerprint density at radius 3 is 1.58 bits per heavy atom. The normalized spacial score (nSPS) is 11.6. The number of nitrogens with zero attached hydrogens (tertiary/aromatic N) is 4. The first kappa shape index (κ1) is 28.2. The molecule has 10 aromatic rings. The Morgan fingerprint density at radius 1 is 0.340 bits per heavy atom. The van der Waals surface area contributed by atoms with Gasteiger partial charge >= 0.3 is 0 Å². The molecule has 0 fully saturated rings. The van der Waals surface area contributed by atoms with Crippen molar-refractivity contribution >= 4 is 43.7 Å². The highest BCUT2D eigenvalue weighted by molar-refractivity contribution is 6.11. The van der Waals surface area contributed by atoms with Crippen molar-refractivity contribution in [3.63, 3.8) is 0 Å². The minimum atomic E-state index is 0.601. The van der Waals surface area contributed by atoms with Crippen molar-refractivity contribution in [2.24, 2.45) is 0 Å². The fourth-order valence-corrected chi connectivity index (χ4v) is 7.04. The van der Waals surface area contributed by atoms with Gasteiger partial charge in [-0.05, 0) is 65.7 Å². The third kappa shape index (κ3) is 4.67. The van der Waals surface area contributed by atoms with Crippen LogP contribution >= 0.6 is 0 Å². The van der Waals surface area contributed by atoms with E-state index in [4.69, 9.17) is 19.4 Å². The van der Waals surface area contributed by atoms with Crippen molar-refractivity contribution < 1.29 is 4.42 Å². The molecule has 50 heavy (non-hydrogen) atoms. The molecule has 0 saturated heterocycles. The molecule has 0 aliphatic rings. The molecule has 3 heterocycles. The quantitative estimate of drug-likeness (QED) is 0.188. The van der Waals surface area contributed by atoms with Gasteiger partial charge in [0.05, 0.1) is 11.0 Å². The molecule has 7 aromatic carbocycles. The van der Waals surface area contributed by atoms with Crippen molar-refractivity contribution in [2.45, 2.75) is 0 Å². The van der Waals surface area contributed by atoms with Crippen LogP contribution in [0.4, 0.5) is 0 Å². The second-order valence-electron chi connectivity index (χ2n) is 12.5. The third-order valence-corrected chi connectivity index (χ3v) is 9.45. The molecule has 0 amide bonds. The predicted octanol–water partition coefficient (Wildman–Crippen LogP) is 11.5. The van der Waals surface area contributed by atoms with E-state index >= 15 is 0 Å². The maximum atomic E-state index is 6.44. The molecule has 10 rings (SSSR count). The van der Waals surface area contributed by atoms with E-state index < -0.39 is 0 Å². The molecule has 0 aliphatic carbocycles. The molecule has 0 atom stereocenters. The van der Waals surface area contributed by atoms with Gasteiger partial charge in [-0.15, -0.1) is 0 Å². The van der Waals surface area contributed by atoms with Crippen LogP contribution in [0.25, 0.3) is 94.7 Å². The first-order chi connectivity index (χ1) is 24.8. The lowest BCUT2D eigenvalue weighted by molar-refractivity contribution is 0.669. The van der Waals surface area contributed by atoms with E-state index in [1.165, 1.54) is 21.8 Å². The lowest BCUT2D eigenvalue weighted by Crippen LogP contribution is -2.00. The fourth-order valence-electron chi connectivity index (χ4n) is 7.04. The smallest absolute Gasteiger partial charge is 0.164 e. The van der Waals surface area contributed by atoms with Crippen molar-refractivity contribution in [1.82, 2.24) is 19.5 Å². The zero-order valence-corrected chi connectivity index (χ0v) is 26.9. The number of hydrogen-bond donors (Lipinski definition) is 0. The minimum Gasteiger partial charge on any atom is -0.456 e. The molecule has 0 aliphatic heterocycles. The summed E-state index contributed by atoms with van der Waals surface area (Å²) in [7, 11) is 0. The van der Waals surface area contributed by atoms with Crippen molar-refractivity contribution in [3.05, 3.63) is 170 Å². The van der Waals surface area contributed by atoms with Crippen molar-refractivity contribution in [3.8, 4) is 51.0 Å². The van der Waals surface area contributed by atoms with Gasteiger partial charge in [0.15, 0.2) is 17.5 Å².